The lowest BCUT2D eigenvalue weighted by atomic mass is 9.99. The van der Waals surface area contributed by atoms with Crippen LogP contribution in [0.3, 0.4) is 0 Å². The molecule has 4 rings (SSSR count). The Morgan fingerprint density at radius 1 is 1.12 bits per heavy atom. The Morgan fingerprint density at radius 3 is 2.66 bits per heavy atom. The van der Waals surface area contributed by atoms with Crippen molar-refractivity contribution in [3.8, 4) is 5.75 Å². The zero-order valence-corrected chi connectivity index (χ0v) is 21.0. The summed E-state index contributed by atoms with van der Waals surface area (Å²) in [5.74, 6) is 2.06. The molecule has 0 aliphatic carbocycles. The first kappa shape index (κ1) is 24.9. The van der Waals surface area contributed by atoms with Gasteiger partial charge in [-0.2, -0.15) is 0 Å². The Kier molecular flexibility index (Phi) is 9.72. The van der Waals surface area contributed by atoms with Gasteiger partial charge in [-0.15, -0.1) is 24.2 Å². The Labute approximate surface area is 207 Å². The molecule has 0 amide bonds. The van der Waals surface area contributed by atoms with E-state index >= 15 is 0 Å². The summed E-state index contributed by atoms with van der Waals surface area (Å²) in [4.78, 5) is 4.77. The van der Waals surface area contributed by atoms with Crippen LogP contribution in [0.5, 0.6) is 5.75 Å². The molecule has 7 heteroatoms. The summed E-state index contributed by atoms with van der Waals surface area (Å²) in [7, 11) is 1.89. The van der Waals surface area contributed by atoms with Gasteiger partial charge in [-0.05, 0) is 42.3 Å². The molecule has 2 aliphatic rings. The van der Waals surface area contributed by atoms with Crippen molar-refractivity contribution in [2.75, 3.05) is 45.6 Å². The second kappa shape index (κ2) is 12.5. The summed E-state index contributed by atoms with van der Waals surface area (Å²) < 4.78 is 6.25. The third-order valence-corrected chi connectivity index (χ3v) is 7.55. The van der Waals surface area contributed by atoms with Gasteiger partial charge >= 0.3 is 0 Å². The van der Waals surface area contributed by atoms with E-state index in [1.54, 1.807) is 0 Å². The fourth-order valence-electron chi connectivity index (χ4n) is 4.19. The maximum absolute atomic E-state index is 6.25. The average Bonchev–Trinajstić information content (AvgIpc) is 3.32. The van der Waals surface area contributed by atoms with Gasteiger partial charge in [0.2, 0.25) is 0 Å². The minimum absolute atomic E-state index is 0. The number of nitrogens with one attached hydrogen (secondary N) is 1. The molecule has 1 atom stereocenters. The average molecular weight is 490 g/mol. The Hall–Kier alpha value is -1.73. The lowest BCUT2D eigenvalue weighted by Gasteiger charge is -2.28. The van der Waals surface area contributed by atoms with Crippen LogP contribution in [0.25, 0.3) is 5.57 Å². The quantitative estimate of drug-likeness (QED) is 0.423. The van der Waals surface area contributed by atoms with Gasteiger partial charge in [-0.25, -0.2) is 0 Å². The molecule has 1 N–H and O–H groups in total. The molecule has 1 fully saturated rings. The summed E-state index contributed by atoms with van der Waals surface area (Å²) in [6, 6.07) is 19.1. The van der Waals surface area contributed by atoms with Gasteiger partial charge in [0.1, 0.15) is 11.1 Å². The van der Waals surface area contributed by atoms with Gasteiger partial charge in [0.25, 0.3) is 0 Å². The van der Waals surface area contributed by atoms with Gasteiger partial charge in [0.05, 0.1) is 6.61 Å². The van der Waals surface area contributed by atoms with E-state index in [0.29, 0.717) is 0 Å². The van der Waals surface area contributed by atoms with Gasteiger partial charge < -0.3 is 15.0 Å². The van der Waals surface area contributed by atoms with E-state index in [1.807, 2.05) is 18.8 Å². The highest BCUT2D eigenvalue weighted by atomic mass is 35.5. The van der Waals surface area contributed by atoms with Crippen LogP contribution in [0.1, 0.15) is 29.3 Å². The van der Waals surface area contributed by atoms with Gasteiger partial charge in [0.15, 0.2) is 5.11 Å². The van der Waals surface area contributed by atoms with E-state index in [2.05, 4.69) is 75.8 Å². The lowest BCUT2D eigenvalue weighted by molar-refractivity contribution is 0.246. The molecular formula is C25H32ClN3OS2. The van der Waals surface area contributed by atoms with Crippen LogP contribution >= 0.6 is 36.4 Å². The Bertz CT molecular complexity index is 909. The van der Waals surface area contributed by atoms with E-state index in [0.717, 1.165) is 62.2 Å². The molecule has 172 valence electrons. The lowest BCUT2D eigenvalue weighted by Crippen LogP contribution is -2.37. The van der Waals surface area contributed by atoms with Crippen molar-refractivity contribution in [1.82, 2.24) is 15.1 Å². The molecule has 2 aromatic rings. The zero-order chi connectivity index (χ0) is 21.5. The summed E-state index contributed by atoms with van der Waals surface area (Å²) in [6.07, 6.45) is 4.53. The third-order valence-electron chi connectivity index (χ3n) is 5.86. The number of halogens is 1. The van der Waals surface area contributed by atoms with Crippen molar-refractivity contribution >= 4 is 47.1 Å². The van der Waals surface area contributed by atoms with Crippen molar-refractivity contribution in [2.24, 2.45) is 0 Å². The molecule has 0 spiro atoms. The van der Waals surface area contributed by atoms with Crippen LogP contribution < -0.4 is 10.1 Å². The minimum atomic E-state index is 0. The monoisotopic (exact) mass is 489 g/mol. The molecule has 4 nitrogen and oxygen atoms in total. The number of thiocarbonyl (C=S) groups is 1. The maximum atomic E-state index is 6.25. The largest absolute Gasteiger partial charge is 0.493 e. The summed E-state index contributed by atoms with van der Waals surface area (Å²) in [6.45, 7) is 4.91. The van der Waals surface area contributed by atoms with Gasteiger partial charge in [-0.3, -0.25) is 4.90 Å². The maximum Gasteiger partial charge on any atom is 0.169 e. The van der Waals surface area contributed by atoms with Crippen molar-refractivity contribution in [3.63, 3.8) is 0 Å². The number of hydrogen-bond acceptors (Lipinski definition) is 4. The van der Waals surface area contributed by atoms with E-state index in [-0.39, 0.29) is 17.8 Å². The molecule has 2 heterocycles. The smallest absolute Gasteiger partial charge is 0.169 e. The summed E-state index contributed by atoms with van der Waals surface area (Å²) in [5, 5.41) is 4.15. The van der Waals surface area contributed by atoms with Crippen LogP contribution in [0.15, 0.2) is 60.7 Å². The highest BCUT2D eigenvalue weighted by Gasteiger charge is 2.30. The number of ether oxygens (including phenoxy) is 1. The standard InChI is InChI=1S/C25H31N3OS2.ClH/c1-26-25(30)28-17-19-31-24(28)22-10-5-6-11-23(22)29-18-7-14-27-15-12-21(13-16-27)20-8-3-2-4-9-20;/h2-6,8-12,24H,7,13-19H2,1H3,(H,26,30);1H. The first-order valence-electron chi connectivity index (χ1n) is 11.0. The minimum Gasteiger partial charge on any atom is -0.493 e. The predicted molar refractivity (Wildman–Crippen MR) is 143 cm³/mol. The van der Waals surface area contributed by atoms with Gasteiger partial charge in [0, 0.05) is 44.5 Å². The number of thioether (sulfide) groups is 1. The molecular weight excluding hydrogens is 458 g/mol. The molecule has 2 aliphatic heterocycles. The number of nitrogens with zero attached hydrogens (tertiary/aromatic N) is 2. The molecule has 0 aromatic heterocycles. The van der Waals surface area contributed by atoms with Crippen molar-refractivity contribution in [3.05, 3.63) is 71.8 Å². The first-order valence-corrected chi connectivity index (χ1v) is 12.5. The molecule has 1 saturated heterocycles. The first-order chi connectivity index (χ1) is 15.3. The summed E-state index contributed by atoms with van der Waals surface area (Å²) in [5.41, 5.74) is 4.05. The van der Waals surface area contributed by atoms with Crippen molar-refractivity contribution in [1.29, 1.82) is 0 Å². The zero-order valence-electron chi connectivity index (χ0n) is 18.5. The topological polar surface area (TPSA) is 27.7 Å². The molecule has 0 saturated carbocycles. The predicted octanol–water partition coefficient (Wildman–Crippen LogP) is 5.22. The SMILES string of the molecule is CNC(=S)N1CCSC1c1ccccc1OCCCN1CC=C(c2ccccc2)CC1.Cl. The Balaban J connectivity index is 0.00000289. The number of para-hydroxylation sites is 1. The molecule has 2 aromatic carbocycles. The highest BCUT2D eigenvalue weighted by molar-refractivity contribution is 7.99. The molecule has 1 unspecified atom stereocenters. The summed E-state index contributed by atoms with van der Waals surface area (Å²) >= 11 is 7.43. The highest BCUT2D eigenvalue weighted by Crippen LogP contribution is 2.41. The fraction of sp³-hybridized carbons (Fsp3) is 0.400. The number of rotatable bonds is 7. The van der Waals surface area contributed by atoms with Crippen LogP contribution in [0, 0.1) is 0 Å². The molecule has 32 heavy (non-hydrogen) atoms. The molecule has 0 radical (unpaired) electrons. The second-order valence-corrected chi connectivity index (χ2v) is 9.43. The van der Waals surface area contributed by atoms with Crippen LogP contribution in [0.4, 0.5) is 0 Å². The van der Waals surface area contributed by atoms with E-state index in [9.17, 15) is 0 Å². The van der Waals surface area contributed by atoms with Crippen LogP contribution in [0.2, 0.25) is 0 Å². The van der Waals surface area contributed by atoms with Crippen LogP contribution in [-0.4, -0.2) is 60.5 Å². The van der Waals surface area contributed by atoms with Crippen molar-refractivity contribution < 1.29 is 4.74 Å². The Morgan fingerprint density at radius 2 is 1.91 bits per heavy atom. The fourth-order valence-corrected chi connectivity index (χ4v) is 5.75. The molecule has 0 bridgehead atoms. The van der Waals surface area contributed by atoms with Crippen molar-refractivity contribution in [2.45, 2.75) is 18.2 Å². The second-order valence-electron chi connectivity index (χ2n) is 7.86. The number of hydrogen-bond donors (Lipinski definition) is 1. The van der Waals surface area contributed by atoms with Gasteiger partial charge in [-0.1, -0.05) is 54.6 Å². The van der Waals surface area contributed by atoms with Crippen LogP contribution in [-0.2, 0) is 0 Å². The van der Waals surface area contributed by atoms with E-state index in [1.165, 1.54) is 16.7 Å². The normalized spacial score (nSPS) is 18.6. The van der Waals surface area contributed by atoms with E-state index < -0.39 is 0 Å². The number of benzene rings is 2. The van der Waals surface area contributed by atoms with E-state index in [4.69, 9.17) is 17.0 Å². The third kappa shape index (κ3) is 6.19.